The van der Waals surface area contributed by atoms with E-state index in [1.54, 1.807) is 11.8 Å². The summed E-state index contributed by atoms with van der Waals surface area (Å²) in [5.74, 6) is 0.740. The number of benzene rings is 1. The fourth-order valence-electron chi connectivity index (χ4n) is 2.39. The largest absolute Gasteiger partial charge is 0.496 e. The first kappa shape index (κ1) is 14.4. The molecule has 3 aromatic rings. The van der Waals surface area contributed by atoms with Crippen molar-refractivity contribution in [1.29, 1.82) is 0 Å². The van der Waals surface area contributed by atoms with Crippen LogP contribution >= 0.6 is 27.5 Å². The van der Waals surface area contributed by atoms with Gasteiger partial charge in [-0.05, 0) is 31.2 Å². The highest BCUT2D eigenvalue weighted by Gasteiger charge is 2.18. The van der Waals surface area contributed by atoms with Crippen LogP contribution < -0.4 is 4.74 Å². The topological polar surface area (TPSA) is 39.9 Å². The molecule has 0 aliphatic carbocycles. The number of pyridine rings is 1. The van der Waals surface area contributed by atoms with Crippen molar-refractivity contribution in [2.75, 3.05) is 7.11 Å². The van der Waals surface area contributed by atoms with E-state index in [0.717, 1.165) is 38.2 Å². The summed E-state index contributed by atoms with van der Waals surface area (Å²) in [6.45, 7) is 1.92. The lowest BCUT2D eigenvalue weighted by Crippen LogP contribution is -1.92. The number of hydrogen-bond donors (Lipinski definition) is 0. The molecule has 4 nitrogen and oxygen atoms in total. The molecule has 0 saturated carbocycles. The third-order valence-electron chi connectivity index (χ3n) is 3.29. The monoisotopic (exact) mass is 365 g/mol. The van der Waals surface area contributed by atoms with Crippen molar-refractivity contribution in [3.63, 3.8) is 0 Å². The molecule has 0 atom stereocenters. The highest BCUT2D eigenvalue weighted by molar-refractivity contribution is 9.10. The standard InChI is InChI=1S/C15H13BrClN3O/c1-8-6-11(17)15-14(18-8)13(19-20(15)2)10-5-4-9(16)7-12(10)21-3/h4-7H,1-3H3. The zero-order valence-electron chi connectivity index (χ0n) is 11.8. The maximum absolute atomic E-state index is 6.33. The van der Waals surface area contributed by atoms with Gasteiger partial charge in [0.05, 0.1) is 12.1 Å². The lowest BCUT2D eigenvalue weighted by atomic mass is 10.1. The Bertz CT molecular complexity index is 845. The van der Waals surface area contributed by atoms with Crippen LogP contribution in [0.2, 0.25) is 5.02 Å². The van der Waals surface area contributed by atoms with E-state index in [9.17, 15) is 0 Å². The Balaban J connectivity index is 2.36. The Labute approximate surface area is 135 Å². The molecule has 2 aromatic heterocycles. The molecule has 1 aromatic carbocycles. The third-order valence-corrected chi connectivity index (χ3v) is 4.07. The van der Waals surface area contributed by atoms with Crippen molar-refractivity contribution in [1.82, 2.24) is 14.8 Å². The summed E-state index contributed by atoms with van der Waals surface area (Å²) >= 11 is 9.77. The van der Waals surface area contributed by atoms with Gasteiger partial charge in [-0.25, -0.2) is 4.98 Å². The molecule has 0 radical (unpaired) electrons. The lowest BCUT2D eigenvalue weighted by molar-refractivity contribution is 0.416. The molecule has 0 saturated heterocycles. The first-order chi connectivity index (χ1) is 10.0. The lowest BCUT2D eigenvalue weighted by Gasteiger charge is -2.07. The minimum atomic E-state index is 0.648. The second-order valence-corrected chi connectivity index (χ2v) is 6.08. The van der Waals surface area contributed by atoms with Gasteiger partial charge in [0.1, 0.15) is 22.5 Å². The van der Waals surface area contributed by atoms with Crippen LogP contribution in [0.3, 0.4) is 0 Å². The van der Waals surface area contributed by atoms with Gasteiger partial charge in [0.2, 0.25) is 0 Å². The van der Waals surface area contributed by atoms with E-state index in [0.29, 0.717) is 5.02 Å². The quantitative estimate of drug-likeness (QED) is 0.676. The maximum Gasteiger partial charge on any atom is 0.129 e. The fraction of sp³-hybridized carbons (Fsp3) is 0.200. The van der Waals surface area contributed by atoms with E-state index in [1.165, 1.54) is 0 Å². The van der Waals surface area contributed by atoms with Gasteiger partial charge in [-0.1, -0.05) is 27.5 Å². The summed E-state index contributed by atoms with van der Waals surface area (Å²) in [5, 5.41) is 5.22. The van der Waals surface area contributed by atoms with Crippen molar-refractivity contribution in [3.05, 3.63) is 39.5 Å². The summed E-state index contributed by atoms with van der Waals surface area (Å²) in [6.07, 6.45) is 0. The van der Waals surface area contributed by atoms with Crippen molar-refractivity contribution in [2.45, 2.75) is 6.92 Å². The molecule has 0 aliphatic rings. The molecule has 0 aliphatic heterocycles. The van der Waals surface area contributed by atoms with Crippen molar-refractivity contribution in [3.8, 4) is 17.0 Å². The van der Waals surface area contributed by atoms with Gasteiger partial charge in [0.15, 0.2) is 0 Å². The van der Waals surface area contributed by atoms with Crippen LogP contribution in [0.1, 0.15) is 5.69 Å². The molecule has 0 fully saturated rings. The second-order valence-electron chi connectivity index (χ2n) is 4.76. The van der Waals surface area contributed by atoms with Gasteiger partial charge in [-0.2, -0.15) is 5.10 Å². The first-order valence-electron chi connectivity index (χ1n) is 6.35. The predicted molar refractivity (Wildman–Crippen MR) is 87.9 cm³/mol. The molecule has 0 unspecified atom stereocenters. The normalized spacial score (nSPS) is 11.1. The number of fused-ring (bicyclic) bond motifs is 1. The van der Waals surface area contributed by atoms with Crippen molar-refractivity contribution >= 4 is 38.6 Å². The van der Waals surface area contributed by atoms with Crippen LogP contribution in [0, 0.1) is 6.92 Å². The Morgan fingerprint density at radius 1 is 1.29 bits per heavy atom. The second kappa shape index (κ2) is 5.31. The SMILES string of the molecule is COc1cc(Br)ccc1-c1nn(C)c2c(Cl)cc(C)nc12. The predicted octanol–water partition coefficient (Wildman–Crippen LogP) is 4.37. The minimum Gasteiger partial charge on any atom is -0.496 e. The van der Waals surface area contributed by atoms with E-state index in [2.05, 4.69) is 26.0 Å². The number of aromatic nitrogens is 3. The number of hydrogen-bond acceptors (Lipinski definition) is 3. The molecular formula is C15H13BrClN3O. The van der Waals surface area contributed by atoms with Crippen LogP contribution in [0.4, 0.5) is 0 Å². The first-order valence-corrected chi connectivity index (χ1v) is 7.52. The molecule has 3 rings (SSSR count). The highest BCUT2D eigenvalue weighted by Crippen LogP contribution is 2.36. The average Bonchev–Trinajstić information content (AvgIpc) is 2.75. The minimum absolute atomic E-state index is 0.648. The van der Waals surface area contributed by atoms with E-state index in [4.69, 9.17) is 16.3 Å². The van der Waals surface area contributed by atoms with Crippen LogP contribution in [0.25, 0.3) is 22.3 Å². The van der Waals surface area contributed by atoms with E-state index in [1.807, 2.05) is 38.2 Å². The van der Waals surface area contributed by atoms with E-state index in [-0.39, 0.29) is 0 Å². The Hall–Kier alpha value is -1.59. The van der Waals surface area contributed by atoms with Gasteiger partial charge < -0.3 is 4.74 Å². The summed E-state index contributed by atoms with van der Waals surface area (Å²) in [6, 6.07) is 7.67. The van der Waals surface area contributed by atoms with Crippen LogP contribution in [-0.2, 0) is 7.05 Å². The number of methoxy groups -OCH3 is 1. The molecule has 0 amide bonds. The average molecular weight is 367 g/mol. The zero-order valence-corrected chi connectivity index (χ0v) is 14.2. The summed E-state index contributed by atoms with van der Waals surface area (Å²) in [7, 11) is 3.50. The number of halogens is 2. The number of ether oxygens (including phenoxy) is 1. The highest BCUT2D eigenvalue weighted by atomic mass is 79.9. The molecule has 2 heterocycles. The molecule has 0 bridgehead atoms. The van der Waals surface area contributed by atoms with Crippen LogP contribution in [0.15, 0.2) is 28.7 Å². The smallest absolute Gasteiger partial charge is 0.129 e. The van der Waals surface area contributed by atoms with Gasteiger partial charge in [-0.3, -0.25) is 4.68 Å². The molecule has 108 valence electrons. The van der Waals surface area contributed by atoms with Crippen LogP contribution in [-0.4, -0.2) is 21.9 Å². The molecular weight excluding hydrogens is 354 g/mol. The van der Waals surface area contributed by atoms with E-state index < -0.39 is 0 Å². The van der Waals surface area contributed by atoms with Crippen molar-refractivity contribution in [2.24, 2.45) is 7.05 Å². The third kappa shape index (κ3) is 2.40. The summed E-state index contributed by atoms with van der Waals surface area (Å²) in [4.78, 5) is 4.60. The van der Waals surface area contributed by atoms with Gasteiger partial charge in [-0.15, -0.1) is 0 Å². The maximum atomic E-state index is 6.33. The number of rotatable bonds is 2. The molecule has 0 N–H and O–H groups in total. The summed E-state index contributed by atoms with van der Waals surface area (Å²) in [5.41, 5.74) is 4.12. The zero-order chi connectivity index (χ0) is 15.1. The molecule has 0 spiro atoms. The van der Waals surface area contributed by atoms with Gasteiger partial charge in [0.25, 0.3) is 0 Å². The number of nitrogens with zero attached hydrogens (tertiary/aromatic N) is 3. The summed E-state index contributed by atoms with van der Waals surface area (Å²) < 4.78 is 8.16. The fourth-order valence-corrected chi connectivity index (χ4v) is 3.10. The van der Waals surface area contributed by atoms with Crippen molar-refractivity contribution < 1.29 is 4.74 Å². The van der Waals surface area contributed by atoms with Gasteiger partial charge >= 0.3 is 0 Å². The molecule has 21 heavy (non-hydrogen) atoms. The molecule has 6 heteroatoms. The Kier molecular flexibility index (Phi) is 3.63. The number of aryl methyl sites for hydroxylation is 2. The van der Waals surface area contributed by atoms with Crippen LogP contribution in [0.5, 0.6) is 5.75 Å². The van der Waals surface area contributed by atoms with Gasteiger partial charge in [0, 0.05) is 22.8 Å². The Morgan fingerprint density at radius 2 is 2.05 bits per heavy atom. The Morgan fingerprint density at radius 3 is 2.76 bits per heavy atom. The van der Waals surface area contributed by atoms with E-state index >= 15 is 0 Å².